The molecule has 0 rings (SSSR count). The van der Waals surface area contributed by atoms with Crippen molar-refractivity contribution < 1.29 is 80.2 Å². The molecule has 102 heavy (non-hydrogen) atoms. The number of hydrogen-bond donors (Lipinski definition) is 3. The van der Waals surface area contributed by atoms with Gasteiger partial charge in [-0.2, -0.15) is 0 Å². The molecule has 17 nitrogen and oxygen atoms in total. The maximum Gasteiger partial charge on any atom is 0.472 e. The summed E-state index contributed by atoms with van der Waals surface area (Å²) in [7, 11) is -9.92. The van der Waals surface area contributed by atoms with Crippen LogP contribution < -0.4 is 0 Å². The maximum atomic E-state index is 13.1. The second kappa shape index (κ2) is 73.2. The SMILES string of the molecule is CCCCCCCCCCCCCCCCCCCC(=O)OC[C@H](COP(=O)(O)OC[C@@H](O)COP(=O)(O)OC[C@@H](COC(=O)CCCCCCCCCC(C)C)OC(=O)CCCCCCCCCCCCCC(C)C)OC(=O)CCCCCCCCCCCCCCCCCCCCC(C)C. The number of phosphoric acid groups is 2. The summed E-state index contributed by atoms with van der Waals surface area (Å²) in [6.45, 7) is 11.9. The number of unbranched alkanes of at least 4 members (excludes halogenated alkanes) is 49. The van der Waals surface area contributed by atoms with Gasteiger partial charge in [0.25, 0.3) is 0 Å². The summed E-state index contributed by atoms with van der Waals surface area (Å²) in [6.07, 6.45) is 62.6. The van der Waals surface area contributed by atoms with E-state index in [-0.39, 0.29) is 25.7 Å². The first kappa shape index (κ1) is 100. The Morgan fingerprint density at radius 2 is 0.451 bits per heavy atom. The number of phosphoric ester groups is 2. The topological polar surface area (TPSA) is 237 Å². The van der Waals surface area contributed by atoms with Crippen molar-refractivity contribution in [2.75, 3.05) is 39.6 Å². The highest BCUT2D eigenvalue weighted by atomic mass is 31.2. The minimum Gasteiger partial charge on any atom is -0.462 e. The summed E-state index contributed by atoms with van der Waals surface area (Å²) >= 11 is 0. The Bertz CT molecular complexity index is 1970. The summed E-state index contributed by atoms with van der Waals surface area (Å²) in [5, 5.41) is 10.7. The normalized spacial score (nSPS) is 13.9. The molecule has 0 aromatic carbocycles. The number of carbonyl (C=O) groups is 4. The van der Waals surface area contributed by atoms with Crippen LogP contribution >= 0.6 is 15.6 Å². The number of aliphatic hydroxyl groups excluding tert-OH is 1. The Balaban J connectivity index is 5.23. The first-order valence-electron chi connectivity index (χ1n) is 42.8. The molecule has 0 heterocycles. The third-order valence-corrected chi connectivity index (χ3v) is 21.3. The molecule has 19 heteroatoms. The average Bonchev–Trinajstić information content (AvgIpc) is 1.86. The lowest BCUT2D eigenvalue weighted by Gasteiger charge is -2.21. The van der Waals surface area contributed by atoms with Crippen molar-refractivity contribution in [1.82, 2.24) is 0 Å². The number of ether oxygens (including phenoxy) is 4. The maximum absolute atomic E-state index is 13.1. The highest BCUT2D eigenvalue weighted by Gasteiger charge is 2.30. The van der Waals surface area contributed by atoms with Gasteiger partial charge in [-0.15, -0.1) is 0 Å². The zero-order valence-electron chi connectivity index (χ0n) is 67.1. The molecule has 0 aliphatic rings. The molecule has 0 aliphatic heterocycles. The van der Waals surface area contributed by atoms with Crippen LogP contribution in [0.4, 0.5) is 0 Å². The Hall–Kier alpha value is -1.94. The molecular weight excluding hydrogens is 1330 g/mol. The minimum absolute atomic E-state index is 0.106. The van der Waals surface area contributed by atoms with Crippen molar-refractivity contribution in [3.63, 3.8) is 0 Å². The van der Waals surface area contributed by atoms with Crippen LogP contribution in [0.25, 0.3) is 0 Å². The second-order valence-electron chi connectivity index (χ2n) is 31.3. The average molecular weight is 1490 g/mol. The van der Waals surface area contributed by atoms with Crippen molar-refractivity contribution in [3.8, 4) is 0 Å². The van der Waals surface area contributed by atoms with Crippen LogP contribution in [0.2, 0.25) is 0 Å². The van der Waals surface area contributed by atoms with Gasteiger partial charge < -0.3 is 33.8 Å². The Morgan fingerprint density at radius 1 is 0.265 bits per heavy atom. The standard InChI is InChI=1S/C83H162O17P2/c1-8-9-10-11-12-13-14-15-16-19-23-26-31-36-43-50-57-64-80(85)93-70-78(99-82(87)66-59-52-44-37-32-27-24-21-18-17-20-22-25-29-34-40-47-54-61-74(2)3)72-97-101(89,90)95-68-77(84)69-96-102(91,92)98-73-79(71-94-81(86)65-58-51-46-39-42-49-56-63-76(6)7)100-83(88)67-60-53-45-38-33-28-30-35-41-48-55-62-75(4)5/h74-79,84H,8-73H2,1-7H3,(H,89,90)(H,91,92)/t77-,78-,79-/m1/s1. The second-order valence-corrected chi connectivity index (χ2v) is 34.2. The summed E-state index contributed by atoms with van der Waals surface area (Å²) in [5.74, 6) is 0.181. The molecule has 0 amide bonds. The van der Waals surface area contributed by atoms with E-state index >= 15 is 0 Å². The van der Waals surface area contributed by atoms with Crippen molar-refractivity contribution in [1.29, 1.82) is 0 Å². The van der Waals surface area contributed by atoms with E-state index in [1.807, 2.05) is 0 Å². The van der Waals surface area contributed by atoms with Crippen LogP contribution in [-0.2, 0) is 65.4 Å². The van der Waals surface area contributed by atoms with Gasteiger partial charge in [0.1, 0.15) is 19.3 Å². The monoisotopic (exact) mass is 1490 g/mol. The van der Waals surface area contributed by atoms with Gasteiger partial charge in [-0.1, -0.05) is 382 Å². The van der Waals surface area contributed by atoms with Crippen molar-refractivity contribution in [2.24, 2.45) is 17.8 Å². The van der Waals surface area contributed by atoms with E-state index in [4.69, 9.17) is 37.0 Å². The van der Waals surface area contributed by atoms with Crippen LogP contribution in [0.5, 0.6) is 0 Å². The summed E-state index contributed by atoms with van der Waals surface area (Å²) in [6, 6.07) is 0. The third kappa shape index (κ3) is 76.3. The highest BCUT2D eigenvalue weighted by molar-refractivity contribution is 7.47. The van der Waals surface area contributed by atoms with Gasteiger partial charge in [-0.3, -0.25) is 37.3 Å². The van der Waals surface area contributed by atoms with Gasteiger partial charge in [0.15, 0.2) is 12.2 Å². The van der Waals surface area contributed by atoms with E-state index in [2.05, 4.69) is 48.5 Å². The van der Waals surface area contributed by atoms with E-state index in [1.54, 1.807) is 0 Å². The fourth-order valence-electron chi connectivity index (χ4n) is 12.8. The lowest BCUT2D eigenvalue weighted by molar-refractivity contribution is -0.161. The van der Waals surface area contributed by atoms with E-state index in [9.17, 15) is 43.2 Å². The highest BCUT2D eigenvalue weighted by Crippen LogP contribution is 2.45. The molecule has 0 bridgehead atoms. The predicted molar refractivity (Wildman–Crippen MR) is 418 cm³/mol. The molecule has 5 atom stereocenters. The summed E-state index contributed by atoms with van der Waals surface area (Å²) in [4.78, 5) is 73.1. The Kier molecular flexibility index (Phi) is 71.8. The van der Waals surface area contributed by atoms with Crippen molar-refractivity contribution in [2.45, 2.75) is 452 Å². The first-order chi connectivity index (χ1) is 49.2. The first-order valence-corrected chi connectivity index (χ1v) is 45.8. The summed E-state index contributed by atoms with van der Waals surface area (Å²) in [5.41, 5.74) is 0. The zero-order chi connectivity index (χ0) is 75.1. The molecule has 0 fully saturated rings. The number of aliphatic hydroxyl groups is 1. The molecule has 0 saturated heterocycles. The van der Waals surface area contributed by atoms with Crippen molar-refractivity contribution >= 4 is 39.5 Å². The van der Waals surface area contributed by atoms with Gasteiger partial charge in [-0.25, -0.2) is 9.13 Å². The van der Waals surface area contributed by atoms with Gasteiger partial charge in [0.05, 0.1) is 26.4 Å². The molecule has 0 aromatic rings. The van der Waals surface area contributed by atoms with Gasteiger partial charge in [-0.05, 0) is 43.4 Å². The van der Waals surface area contributed by atoms with E-state index in [0.29, 0.717) is 31.6 Å². The Labute approximate surface area is 626 Å². The van der Waals surface area contributed by atoms with E-state index in [1.165, 1.54) is 238 Å². The lowest BCUT2D eigenvalue weighted by Crippen LogP contribution is -2.30. The molecule has 0 saturated carbocycles. The molecule has 3 N–H and O–H groups in total. The van der Waals surface area contributed by atoms with E-state index < -0.39 is 97.5 Å². The molecule has 0 aromatic heterocycles. The molecule has 0 aliphatic carbocycles. The number of esters is 4. The lowest BCUT2D eigenvalue weighted by atomic mass is 10.0. The molecule has 606 valence electrons. The van der Waals surface area contributed by atoms with Crippen LogP contribution in [0.1, 0.15) is 434 Å². The smallest absolute Gasteiger partial charge is 0.462 e. The van der Waals surface area contributed by atoms with Crippen LogP contribution in [0.3, 0.4) is 0 Å². The number of carbonyl (C=O) groups excluding carboxylic acids is 4. The van der Waals surface area contributed by atoms with Gasteiger partial charge in [0, 0.05) is 25.7 Å². The molecule has 0 spiro atoms. The van der Waals surface area contributed by atoms with Crippen LogP contribution in [0.15, 0.2) is 0 Å². The minimum atomic E-state index is -4.96. The zero-order valence-corrected chi connectivity index (χ0v) is 68.9. The number of rotatable bonds is 81. The quantitative estimate of drug-likeness (QED) is 0.0222. The number of hydrogen-bond acceptors (Lipinski definition) is 15. The van der Waals surface area contributed by atoms with Crippen LogP contribution in [-0.4, -0.2) is 96.7 Å². The van der Waals surface area contributed by atoms with Gasteiger partial charge >= 0.3 is 39.5 Å². The van der Waals surface area contributed by atoms with Gasteiger partial charge in [0.2, 0.25) is 0 Å². The largest absolute Gasteiger partial charge is 0.472 e. The molecular formula is C83H162O17P2. The predicted octanol–water partition coefficient (Wildman–Crippen LogP) is 24.9. The fourth-order valence-corrected chi connectivity index (χ4v) is 14.4. The van der Waals surface area contributed by atoms with Crippen molar-refractivity contribution in [3.05, 3.63) is 0 Å². The molecule has 0 radical (unpaired) electrons. The molecule has 2 unspecified atom stereocenters. The summed E-state index contributed by atoms with van der Waals surface area (Å²) < 4.78 is 68.8. The van der Waals surface area contributed by atoms with E-state index in [0.717, 1.165) is 108 Å². The fraction of sp³-hybridized carbons (Fsp3) is 0.952. The third-order valence-electron chi connectivity index (χ3n) is 19.4. The van der Waals surface area contributed by atoms with Crippen LogP contribution in [0, 0.1) is 17.8 Å². The Morgan fingerprint density at radius 3 is 0.667 bits per heavy atom.